The summed E-state index contributed by atoms with van der Waals surface area (Å²) in [6.07, 6.45) is 3.87. The second kappa shape index (κ2) is 9.56. The smallest absolute Gasteiger partial charge is 0.387 e. The number of nitrogens with zero attached hydrogens (tertiary/aromatic N) is 2. The quantitative estimate of drug-likeness (QED) is 0.718. The number of carbonyl (C=O) groups excluding carboxylic acids is 1. The Labute approximate surface area is 147 Å². The number of amides is 1. The second-order valence-electron chi connectivity index (χ2n) is 6.29. The van der Waals surface area contributed by atoms with E-state index in [0.717, 1.165) is 31.5 Å². The predicted molar refractivity (Wildman–Crippen MR) is 91.0 cm³/mol. The first kappa shape index (κ1) is 19.4. The van der Waals surface area contributed by atoms with Crippen molar-refractivity contribution in [2.45, 2.75) is 38.8 Å². The van der Waals surface area contributed by atoms with Crippen LogP contribution in [0.1, 0.15) is 31.2 Å². The van der Waals surface area contributed by atoms with Gasteiger partial charge in [-0.2, -0.15) is 8.78 Å². The van der Waals surface area contributed by atoms with Gasteiger partial charge in [-0.3, -0.25) is 4.79 Å². The van der Waals surface area contributed by atoms with Crippen molar-refractivity contribution in [3.05, 3.63) is 23.8 Å². The SMILES string of the molecule is COc1cc(CN(C)CCC(=O)N2CCCCC2)ccc1OC(F)F. The number of rotatable bonds is 8. The van der Waals surface area contributed by atoms with Crippen LogP contribution < -0.4 is 9.47 Å². The van der Waals surface area contributed by atoms with Crippen LogP contribution in [0.15, 0.2) is 18.2 Å². The Morgan fingerprint density at radius 3 is 2.60 bits per heavy atom. The van der Waals surface area contributed by atoms with Crippen LogP contribution in [0, 0.1) is 0 Å². The Balaban J connectivity index is 1.85. The fraction of sp³-hybridized carbons (Fsp3) is 0.611. The van der Waals surface area contributed by atoms with Gasteiger partial charge >= 0.3 is 6.61 Å². The zero-order valence-corrected chi connectivity index (χ0v) is 14.8. The molecular weight excluding hydrogens is 330 g/mol. The van der Waals surface area contributed by atoms with Gasteiger partial charge in [0.15, 0.2) is 11.5 Å². The lowest BCUT2D eigenvalue weighted by Gasteiger charge is -2.27. The van der Waals surface area contributed by atoms with Gasteiger partial charge in [0, 0.05) is 32.6 Å². The number of piperidine rings is 1. The van der Waals surface area contributed by atoms with Gasteiger partial charge in [-0.25, -0.2) is 0 Å². The Hall–Kier alpha value is -1.89. The van der Waals surface area contributed by atoms with E-state index in [1.165, 1.54) is 19.6 Å². The van der Waals surface area contributed by atoms with Crippen LogP contribution in [0.25, 0.3) is 0 Å². The molecule has 1 aliphatic rings. The summed E-state index contributed by atoms with van der Waals surface area (Å²) in [5, 5.41) is 0. The summed E-state index contributed by atoms with van der Waals surface area (Å²) < 4.78 is 34.2. The molecule has 1 saturated heterocycles. The van der Waals surface area contributed by atoms with Crippen LogP contribution in [0.4, 0.5) is 8.78 Å². The fourth-order valence-electron chi connectivity index (χ4n) is 2.98. The summed E-state index contributed by atoms with van der Waals surface area (Å²) in [4.78, 5) is 16.2. The normalized spacial score (nSPS) is 14.9. The molecule has 1 aromatic carbocycles. The summed E-state index contributed by atoms with van der Waals surface area (Å²) in [6.45, 7) is 0.0885. The minimum atomic E-state index is -2.89. The number of benzene rings is 1. The highest BCUT2D eigenvalue weighted by atomic mass is 19.3. The molecule has 0 aromatic heterocycles. The highest BCUT2D eigenvalue weighted by molar-refractivity contribution is 5.76. The van der Waals surface area contributed by atoms with Gasteiger partial charge in [0.2, 0.25) is 5.91 Å². The molecule has 0 spiro atoms. The molecule has 140 valence electrons. The fourth-order valence-corrected chi connectivity index (χ4v) is 2.98. The Kier molecular flexibility index (Phi) is 7.43. The molecule has 1 aromatic rings. The molecule has 0 atom stereocenters. The predicted octanol–water partition coefficient (Wildman–Crippen LogP) is 3.13. The maximum absolute atomic E-state index is 12.4. The van der Waals surface area contributed by atoms with Crippen molar-refractivity contribution in [2.75, 3.05) is 33.8 Å². The number of methoxy groups -OCH3 is 1. The van der Waals surface area contributed by atoms with Crippen molar-refractivity contribution in [2.24, 2.45) is 0 Å². The zero-order chi connectivity index (χ0) is 18.2. The van der Waals surface area contributed by atoms with Crippen molar-refractivity contribution in [1.29, 1.82) is 0 Å². The van der Waals surface area contributed by atoms with E-state index in [9.17, 15) is 13.6 Å². The van der Waals surface area contributed by atoms with Crippen LogP contribution >= 0.6 is 0 Å². The van der Waals surface area contributed by atoms with Crippen molar-refractivity contribution >= 4 is 5.91 Å². The second-order valence-corrected chi connectivity index (χ2v) is 6.29. The highest BCUT2D eigenvalue weighted by Gasteiger charge is 2.17. The number of hydrogen-bond acceptors (Lipinski definition) is 4. The maximum atomic E-state index is 12.4. The molecule has 0 N–H and O–H groups in total. The van der Waals surface area contributed by atoms with E-state index in [0.29, 0.717) is 19.5 Å². The topological polar surface area (TPSA) is 42.0 Å². The first-order chi connectivity index (χ1) is 12.0. The average molecular weight is 356 g/mol. The third-order valence-electron chi connectivity index (χ3n) is 4.31. The molecule has 0 radical (unpaired) electrons. The molecule has 0 saturated carbocycles. The average Bonchev–Trinajstić information content (AvgIpc) is 2.61. The third kappa shape index (κ3) is 6.16. The van der Waals surface area contributed by atoms with E-state index in [1.54, 1.807) is 12.1 Å². The molecule has 0 bridgehead atoms. The van der Waals surface area contributed by atoms with Crippen LogP contribution in [-0.2, 0) is 11.3 Å². The van der Waals surface area contributed by atoms with Gasteiger partial charge in [0.25, 0.3) is 0 Å². The van der Waals surface area contributed by atoms with E-state index in [-0.39, 0.29) is 17.4 Å². The molecule has 5 nitrogen and oxygen atoms in total. The van der Waals surface area contributed by atoms with Crippen molar-refractivity contribution in [3.63, 3.8) is 0 Å². The summed E-state index contributed by atoms with van der Waals surface area (Å²) in [7, 11) is 3.35. The molecule has 25 heavy (non-hydrogen) atoms. The van der Waals surface area contributed by atoms with Crippen LogP contribution in [-0.4, -0.2) is 56.1 Å². The maximum Gasteiger partial charge on any atom is 0.387 e. The molecule has 0 aliphatic carbocycles. The summed E-state index contributed by atoms with van der Waals surface area (Å²) >= 11 is 0. The number of halogens is 2. The third-order valence-corrected chi connectivity index (χ3v) is 4.31. The zero-order valence-electron chi connectivity index (χ0n) is 14.8. The molecule has 1 aliphatic heterocycles. The Morgan fingerprint density at radius 2 is 1.96 bits per heavy atom. The van der Waals surface area contributed by atoms with E-state index in [4.69, 9.17) is 4.74 Å². The lowest BCUT2D eigenvalue weighted by molar-refractivity contribution is -0.132. The van der Waals surface area contributed by atoms with Gasteiger partial charge in [-0.05, 0) is 44.0 Å². The van der Waals surface area contributed by atoms with Gasteiger partial charge in [0.05, 0.1) is 7.11 Å². The van der Waals surface area contributed by atoms with Crippen molar-refractivity contribution < 1.29 is 23.0 Å². The molecule has 1 fully saturated rings. The molecule has 1 heterocycles. The number of carbonyl (C=O) groups is 1. The van der Waals surface area contributed by atoms with Crippen molar-refractivity contribution in [3.8, 4) is 11.5 Å². The van der Waals surface area contributed by atoms with E-state index < -0.39 is 6.61 Å². The molecule has 7 heteroatoms. The Morgan fingerprint density at radius 1 is 1.24 bits per heavy atom. The van der Waals surface area contributed by atoms with Gasteiger partial charge in [-0.15, -0.1) is 0 Å². The van der Waals surface area contributed by atoms with Gasteiger partial charge in [0.1, 0.15) is 0 Å². The monoisotopic (exact) mass is 356 g/mol. The van der Waals surface area contributed by atoms with E-state index in [2.05, 4.69) is 4.74 Å². The first-order valence-corrected chi connectivity index (χ1v) is 8.57. The summed E-state index contributed by atoms with van der Waals surface area (Å²) in [5.41, 5.74) is 0.909. The number of hydrogen-bond donors (Lipinski definition) is 0. The summed E-state index contributed by atoms with van der Waals surface area (Å²) in [5.74, 6) is 0.490. The van der Waals surface area contributed by atoms with E-state index >= 15 is 0 Å². The lowest BCUT2D eigenvalue weighted by atomic mass is 10.1. The number of ether oxygens (including phenoxy) is 2. The molecular formula is C18H26F2N2O3. The van der Waals surface area contributed by atoms with Gasteiger partial charge < -0.3 is 19.3 Å². The first-order valence-electron chi connectivity index (χ1n) is 8.57. The molecule has 2 rings (SSSR count). The largest absolute Gasteiger partial charge is 0.493 e. The summed E-state index contributed by atoms with van der Waals surface area (Å²) in [6, 6.07) is 4.89. The number of alkyl halides is 2. The molecule has 0 unspecified atom stereocenters. The van der Waals surface area contributed by atoms with Crippen LogP contribution in [0.3, 0.4) is 0 Å². The lowest BCUT2D eigenvalue weighted by Crippen LogP contribution is -2.37. The van der Waals surface area contributed by atoms with Crippen LogP contribution in [0.5, 0.6) is 11.5 Å². The van der Waals surface area contributed by atoms with Crippen LogP contribution in [0.2, 0.25) is 0 Å². The van der Waals surface area contributed by atoms with E-state index in [1.807, 2.05) is 16.8 Å². The standard InChI is InChI=1S/C18H26F2N2O3/c1-21(11-8-17(23)22-9-4-3-5-10-22)13-14-6-7-15(25-18(19)20)16(12-14)24-2/h6-7,12,18H,3-5,8-11,13H2,1-2H3. The highest BCUT2D eigenvalue weighted by Crippen LogP contribution is 2.29. The van der Waals surface area contributed by atoms with Crippen molar-refractivity contribution in [1.82, 2.24) is 9.80 Å². The Bertz CT molecular complexity index is 563. The minimum Gasteiger partial charge on any atom is -0.493 e. The van der Waals surface area contributed by atoms with Gasteiger partial charge in [-0.1, -0.05) is 6.07 Å². The molecule has 1 amide bonds. The minimum absolute atomic E-state index is 0.0178. The number of likely N-dealkylation sites (tertiary alicyclic amines) is 1.